The van der Waals surface area contributed by atoms with Gasteiger partial charge in [-0.3, -0.25) is 0 Å². The van der Waals surface area contributed by atoms with Gasteiger partial charge >= 0.3 is 5.97 Å². The van der Waals surface area contributed by atoms with Gasteiger partial charge in [0.2, 0.25) is 5.90 Å². The molecular weight excluding hydrogens is 326 g/mol. The molecule has 0 aliphatic carbocycles. The molecule has 0 radical (unpaired) electrons. The van der Waals surface area contributed by atoms with E-state index in [1.165, 1.54) is 5.01 Å². The lowest BCUT2D eigenvalue weighted by molar-refractivity contribution is -0.144. The first-order valence-corrected chi connectivity index (χ1v) is 8.24. The van der Waals surface area contributed by atoms with Gasteiger partial charge in [0.05, 0.1) is 23.8 Å². The van der Waals surface area contributed by atoms with Gasteiger partial charge < -0.3 is 9.47 Å². The van der Waals surface area contributed by atoms with E-state index in [9.17, 15) is 4.79 Å². The van der Waals surface area contributed by atoms with Crippen LogP contribution in [0.1, 0.15) is 13.3 Å². The number of carbonyl (C=O) groups excluding carboxylic acids is 1. The molecule has 3 rings (SSSR count). The molecule has 1 unspecified atom stereocenters. The van der Waals surface area contributed by atoms with E-state index >= 15 is 0 Å². The van der Waals surface area contributed by atoms with E-state index in [2.05, 4.69) is 10.1 Å². The van der Waals surface area contributed by atoms with Crippen LogP contribution in [0.15, 0.2) is 34.6 Å². The molecule has 0 bridgehead atoms. The van der Waals surface area contributed by atoms with E-state index in [1.807, 2.05) is 5.41 Å². The van der Waals surface area contributed by atoms with Gasteiger partial charge in [0.25, 0.3) is 0 Å². The molecule has 22 heavy (non-hydrogen) atoms. The zero-order valence-electron chi connectivity index (χ0n) is 11.9. The Balaban J connectivity index is 1.86. The number of hydrogen-bond acceptors (Lipinski definition) is 7. The van der Waals surface area contributed by atoms with Crippen LogP contribution in [0.2, 0.25) is 5.02 Å². The molecule has 3 heterocycles. The van der Waals surface area contributed by atoms with Crippen molar-refractivity contribution >= 4 is 41.0 Å². The molecule has 0 N–H and O–H groups in total. The molecule has 1 aromatic rings. The first kappa shape index (κ1) is 15.2. The van der Waals surface area contributed by atoms with Gasteiger partial charge in [0.1, 0.15) is 5.76 Å². The third-order valence-corrected chi connectivity index (χ3v) is 4.26. The van der Waals surface area contributed by atoms with Crippen LogP contribution in [-0.2, 0) is 14.3 Å². The van der Waals surface area contributed by atoms with Gasteiger partial charge in [-0.2, -0.15) is 0 Å². The Labute approximate surface area is 137 Å². The molecule has 2 aliphatic heterocycles. The third kappa shape index (κ3) is 3.05. The molecule has 1 atom stereocenters. The summed E-state index contributed by atoms with van der Waals surface area (Å²) in [5, 5.41) is 8.16. The summed E-state index contributed by atoms with van der Waals surface area (Å²) >= 11 is 7.82. The first-order valence-electron chi connectivity index (χ1n) is 6.81. The summed E-state index contributed by atoms with van der Waals surface area (Å²) in [5.41, 5.74) is 0. The van der Waals surface area contributed by atoms with E-state index in [-0.39, 0.29) is 5.97 Å². The maximum Gasteiger partial charge on any atom is 0.331 e. The molecule has 8 heteroatoms. The van der Waals surface area contributed by atoms with Gasteiger partial charge in [0.15, 0.2) is 11.9 Å². The second-order valence-electron chi connectivity index (χ2n) is 4.62. The van der Waals surface area contributed by atoms with Crippen molar-refractivity contribution in [2.24, 2.45) is 5.10 Å². The van der Waals surface area contributed by atoms with Crippen molar-refractivity contribution in [3.63, 3.8) is 0 Å². The van der Waals surface area contributed by atoms with E-state index < -0.39 is 6.04 Å². The van der Waals surface area contributed by atoms with Crippen molar-refractivity contribution in [2.45, 2.75) is 19.4 Å². The maximum absolute atomic E-state index is 12.2. The maximum atomic E-state index is 12.2. The predicted molar refractivity (Wildman–Crippen MR) is 85.8 cm³/mol. The van der Waals surface area contributed by atoms with E-state index in [4.69, 9.17) is 21.1 Å². The standard InChI is InChI=1S/C14H14ClN3O3S/c1-2-20-14(19)11-6-12(21-9-7-22-8-9)17-18(11)13-10(15)4-3-5-16-13/h3-5,7,11H,2,6,8H2,1H3. The molecule has 1 aromatic heterocycles. The van der Waals surface area contributed by atoms with Crippen molar-refractivity contribution in [1.29, 1.82) is 0 Å². The number of anilines is 1. The van der Waals surface area contributed by atoms with Crippen molar-refractivity contribution in [3.8, 4) is 0 Å². The average molecular weight is 340 g/mol. The van der Waals surface area contributed by atoms with Crippen LogP contribution in [-0.4, -0.2) is 35.3 Å². The molecular formula is C14H14ClN3O3S. The number of nitrogens with zero attached hydrogens (tertiary/aromatic N) is 3. The highest BCUT2D eigenvalue weighted by molar-refractivity contribution is 8.03. The van der Waals surface area contributed by atoms with Crippen molar-refractivity contribution in [2.75, 3.05) is 17.4 Å². The zero-order chi connectivity index (χ0) is 15.5. The minimum Gasteiger partial charge on any atom is -0.464 e. The van der Waals surface area contributed by atoms with Crippen LogP contribution in [0.5, 0.6) is 0 Å². The summed E-state index contributed by atoms with van der Waals surface area (Å²) in [5.74, 6) is 2.17. The van der Waals surface area contributed by atoms with Gasteiger partial charge in [-0.25, -0.2) is 14.8 Å². The fourth-order valence-electron chi connectivity index (χ4n) is 2.06. The second-order valence-corrected chi connectivity index (χ2v) is 5.88. The number of aromatic nitrogens is 1. The molecule has 116 valence electrons. The van der Waals surface area contributed by atoms with Gasteiger partial charge in [-0.15, -0.1) is 16.9 Å². The lowest BCUT2D eigenvalue weighted by atomic mass is 10.2. The quantitative estimate of drug-likeness (QED) is 0.786. The fraction of sp³-hybridized carbons (Fsp3) is 0.357. The summed E-state index contributed by atoms with van der Waals surface area (Å²) in [7, 11) is 0. The molecule has 0 saturated heterocycles. The highest BCUT2D eigenvalue weighted by Gasteiger charge is 2.38. The first-order chi connectivity index (χ1) is 10.7. The highest BCUT2D eigenvalue weighted by Crippen LogP contribution is 2.31. The molecule has 0 spiro atoms. The molecule has 0 saturated carbocycles. The topological polar surface area (TPSA) is 64.0 Å². The second kappa shape index (κ2) is 6.58. The minimum atomic E-state index is -0.615. The number of halogens is 1. The monoisotopic (exact) mass is 339 g/mol. The van der Waals surface area contributed by atoms with Crippen LogP contribution in [0.3, 0.4) is 0 Å². The van der Waals surface area contributed by atoms with Crippen LogP contribution >= 0.6 is 23.4 Å². The molecule has 6 nitrogen and oxygen atoms in total. The number of rotatable bonds is 4. The lowest BCUT2D eigenvalue weighted by Crippen LogP contribution is -2.36. The molecule has 0 aromatic carbocycles. The van der Waals surface area contributed by atoms with Crippen molar-refractivity contribution in [3.05, 3.63) is 34.5 Å². The Hall–Kier alpha value is -1.73. The predicted octanol–water partition coefficient (Wildman–Crippen LogP) is 2.80. The van der Waals surface area contributed by atoms with E-state index in [0.29, 0.717) is 29.8 Å². The Morgan fingerprint density at radius 3 is 3.05 bits per heavy atom. The summed E-state index contributed by atoms with van der Waals surface area (Å²) in [6, 6.07) is 2.81. The van der Waals surface area contributed by atoms with Gasteiger partial charge in [0, 0.05) is 11.6 Å². The molecule has 2 aliphatic rings. The van der Waals surface area contributed by atoms with Crippen LogP contribution in [0.4, 0.5) is 5.82 Å². The van der Waals surface area contributed by atoms with E-state index in [0.717, 1.165) is 11.5 Å². The highest BCUT2D eigenvalue weighted by atomic mass is 35.5. The normalized spacial score (nSPS) is 20.1. The van der Waals surface area contributed by atoms with Crippen LogP contribution in [0.25, 0.3) is 0 Å². The third-order valence-electron chi connectivity index (χ3n) is 3.09. The SMILES string of the molecule is CCOC(=O)C1CC(OC2=CSC2)=NN1c1ncccc1Cl. The Morgan fingerprint density at radius 1 is 1.59 bits per heavy atom. The summed E-state index contributed by atoms with van der Waals surface area (Å²) in [4.78, 5) is 16.4. The number of hydrogen-bond donors (Lipinski definition) is 0. The Kier molecular flexibility index (Phi) is 4.54. The summed E-state index contributed by atoms with van der Waals surface area (Å²) in [6.07, 6.45) is 1.93. The molecule has 0 fully saturated rings. The number of esters is 1. The van der Waals surface area contributed by atoms with Crippen molar-refractivity contribution < 1.29 is 14.3 Å². The largest absolute Gasteiger partial charge is 0.464 e. The van der Waals surface area contributed by atoms with E-state index in [1.54, 1.807) is 37.0 Å². The molecule has 0 amide bonds. The fourth-order valence-corrected chi connectivity index (χ4v) is 2.68. The Bertz CT molecular complexity index is 650. The van der Waals surface area contributed by atoms with Crippen molar-refractivity contribution in [1.82, 2.24) is 4.98 Å². The van der Waals surface area contributed by atoms with Crippen LogP contribution < -0.4 is 5.01 Å². The average Bonchev–Trinajstić information content (AvgIpc) is 2.88. The smallest absolute Gasteiger partial charge is 0.331 e. The number of pyridine rings is 1. The number of hydrazone groups is 1. The summed E-state index contributed by atoms with van der Waals surface area (Å²) < 4.78 is 10.8. The van der Waals surface area contributed by atoms with Gasteiger partial charge in [-0.05, 0) is 19.1 Å². The number of thioether (sulfide) groups is 1. The van der Waals surface area contributed by atoms with Gasteiger partial charge in [-0.1, -0.05) is 11.6 Å². The zero-order valence-corrected chi connectivity index (χ0v) is 13.4. The number of carbonyl (C=O) groups is 1. The lowest BCUT2D eigenvalue weighted by Gasteiger charge is -2.20. The summed E-state index contributed by atoms with van der Waals surface area (Å²) in [6.45, 7) is 2.07. The number of ether oxygens (including phenoxy) is 2. The van der Waals surface area contributed by atoms with Crippen LogP contribution in [0, 0.1) is 0 Å². The Morgan fingerprint density at radius 2 is 2.41 bits per heavy atom. The minimum absolute atomic E-state index is 0.303.